The molecule has 1 fully saturated rings. The molecular formula is C24H25N9O2S. The molecule has 1 aliphatic rings. The third-order valence-corrected chi connectivity index (χ3v) is 6.20. The minimum atomic E-state index is -0.347. The monoisotopic (exact) mass is 503 g/mol. The summed E-state index contributed by atoms with van der Waals surface area (Å²) in [6.45, 7) is 4.80. The molecule has 36 heavy (non-hydrogen) atoms. The van der Waals surface area contributed by atoms with E-state index >= 15 is 0 Å². The molecule has 0 unspecified atom stereocenters. The van der Waals surface area contributed by atoms with Crippen LogP contribution in [0.4, 0.5) is 23.3 Å². The zero-order chi connectivity index (χ0) is 24.7. The average Bonchev–Trinajstić information content (AvgIpc) is 3.32. The Labute approximate surface area is 211 Å². The normalized spacial score (nSPS) is 13.1. The Morgan fingerprint density at radius 2 is 1.92 bits per heavy atom. The van der Waals surface area contributed by atoms with Crippen LogP contribution in [0.5, 0.6) is 0 Å². The highest BCUT2D eigenvalue weighted by Gasteiger charge is 2.16. The fourth-order valence-electron chi connectivity index (χ4n) is 3.39. The molecule has 11 nitrogen and oxygen atoms in total. The SMILES string of the molecule is Cc1cccc(-c2nccc(Nc3ccnc(Nc4csc(C(=O)OCCNC5CNC5)c4)n3)n2)n1. The van der Waals surface area contributed by atoms with Crippen LogP contribution in [-0.4, -0.2) is 63.2 Å². The van der Waals surface area contributed by atoms with Gasteiger partial charge in [-0.25, -0.2) is 24.7 Å². The lowest BCUT2D eigenvalue weighted by molar-refractivity contribution is 0.0509. The maximum Gasteiger partial charge on any atom is 0.348 e. The second kappa shape index (κ2) is 11.2. The second-order valence-corrected chi connectivity index (χ2v) is 9.00. The van der Waals surface area contributed by atoms with Gasteiger partial charge in [0.05, 0.1) is 5.69 Å². The third kappa shape index (κ3) is 6.16. The predicted octanol–water partition coefficient (Wildman–Crippen LogP) is 2.90. The number of pyridine rings is 1. The molecule has 0 radical (unpaired) electrons. The summed E-state index contributed by atoms with van der Waals surface area (Å²) in [4.78, 5) is 34.9. The maximum atomic E-state index is 12.3. The van der Waals surface area contributed by atoms with E-state index in [1.807, 2.05) is 30.5 Å². The summed E-state index contributed by atoms with van der Waals surface area (Å²) in [6, 6.07) is 11.4. The molecule has 0 bridgehead atoms. The number of rotatable bonds is 10. The molecule has 0 aliphatic carbocycles. The van der Waals surface area contributed by atoms with Gasteiger partial charge < -0.3 is 26.0 Å². The molecule has 184 valence electrons. The molecule has 12 heteroatoms. The number of nitrogens with zero attached hydrogens (tertiary/aromatic N) is 5. The number of carbonyl (C=O) groups excluding carboxylic acids is 1. The van der Waals surface area contributed by atoms with E-state index in [2.05, 4.69) is 46.2 Å². The van der Waals surface area contributed by atoms with Crippen LogP contribution in [0.15, 0.2) is 54.2 Å². The van der Waals surface area contributed by atoms with Gasteiger partial charge >= 0.3 is 5.97 Å². The van der Waals surface area contributed by atoms with Crippen molar-refractivity contribution in [3.05, 3.63) is 64.7 Å². The van der Waals surface area contributed by atoms with Crippen LogP contribution >= 0.6 is 11.3 Å². The third-order valence-electron chi connectivity index (χ3n) is 5.29. The van der Waals surface area contributed by atoms with E-state index in [4.69, 9.17) is 4.74 Å². The average molecular weight is 504 g/mol. The topological polar surface area (TPSA) is 139 Å². The molecule has 1 aliphatic heterocycles. The van der Waals surface area contributed by atoms with Gasteiger partial charge in [-0.15, -0.1) is 11.3 Å². The molecule has 4 N–H and O–H groups in total. The van der Waals surface area contributed by atoms with Crippen LogP contribution in [-0.2, 0) is 4.74 Å². The van der Waals surface area contributed by atoms with Gasteiger partial charge in [-0.2, -0.15) is 4.98 Å². The summed E-state index contributed by atoms with van der Waals surface area (Å²) in [5.41, 5.74) is 2.30. The van der Waals surface area contributed by atoms with Gasteiger partial charge in [-0.3, -0.25) is 0 Å². The quantitative estimate of drug-likeness (QED) is 0.188. The van der Waals surface area contributed by atoms with E-state index in [0.29, 0.717) is 58.9 Å². The lowest BCUT2D eigenvalue weighted by atomic mass is 10.2. The predicted molar refractivity (Wildman–Crippen MR) is 138 cm³/mol. The van der Waals surface area contributed by atoms with Crippen molar-refractivity contribution in [3.63, 3.8) is 0 Å². The highest BCUT2D eigenvalue weighted by atomic mass is 32.1. The van der Waals surface area contributed by atoms with Gasteiger partial charge in [0.15, 0.2) is 5.82 Å². The molecule has 0 amide bonds. The van der Waals surface area contributed by atoms with Crippen molar-refractivity contribution < 1.29 is 9.53 Å². The number of carbonyl (C=O) groups is 1. The summed E-state index contributed by atoms with van der Waals surface area (Å²) in [5, 5.41) is 14.6. The van der Waals surface area contributed by atoms with Gasteiger partial charge in [-0.05, 0) is 37.3 Å². The Kier molecular flexibility index (Phi) is 7.36. The summed E-state index contributed by atoms with van der Waals surface area (Å²) in [5.74, 6) is 1.69. The van der Waals surface area contributed by atoms with E-state index in [9.17, 15) is 4.79 Å². The van der Waals surface area contributed by atoms with Crippen molar-refractivity contribution >= 4 is 40.6 Å². The van der Waals surface area contributed by atoms with Crippen molar-refractivity contribution in [2.45, 2.75) is 13.0 Å². The first-order valence-corrected chi connectivity index (χ1v) is 12.3. The van der Waals surface area contributed by atoms with Gasteiger partial charge in [0.2, 0.25) is 5.95 Å². The number of hydrogen-bond acceptors (Lipinski definition) is 12. The van der Waals surface area contributed by atoms with E-state index in [0.717, 1.165) is 18.8 Å². The number of aryl methyl sites for hydroxylation is 1. The highest BCUT2D eigenvalue weighted by Crippen LogP contribution is 2.23. The van der Waals surface area contributed by atoms with E-state index in [-0.39, 0.29) is 5.97 Å². The first kappa shape index (κ1) is 23.7. The van der Waals surface area contributed by atoms with Crippen molar-refractivity contribution in [2.24, 2.45) is 0 Å². The Hall–Kier alpha value is -4.00. The van der Waals surface area contributed by atoms with E-state index < -0.39 is 0 Å². The first-order chi connectivity index (χ1) is 17.6. The van der Waals surface area contributed by atoms with Gasteiger partial charge in [-0.1, -0.05) is 6.07 Å². The number of hydrogen-bond donors (Lipinski definition) is 4. The lowest BCUT2D eigenvalue weighted by Crippen LogP contribution is -2.55. The summed E-state index contributed by atoms with van der Waals surface area (Å²) < 4.78 is 5.35. The Bertz CT molecular complexity index is 1340. The maximum absolute atomic E-state index is 12.3. The fraction of sp³-hybridized carbons (Fsp3) is 0.250. The Balaban J connectivity index is 1.18. The van der Waals surface area contributed by atoms with Crippen molar-refractivity contribution in [3.8, 4) is 11.5 Å². The van der Waals surface area contributed by atoms with Crippen LogP contribution in [0, 0.1) is 6.92 Å². The standard InChI is InChI=1S/C24H25N9O2S/c1-15-3-2-4-18(29-15)22-27-7-5-20(32-22)31-21-6-8-28-24(33-21)30-16-11-19(36-14-16)23(34)35-10-9-26-17-12-25-13-17/h2-8,11,14,17,25-26H,9-10,12-13H2,1H3,(H2,27,28,30,31,32,33). The molecule has 0 spiro atoms. The molecular weight excluding hydrogens is 478 g/mol. The number of anilines is 4. The number of thiophene rings is 1. The van der Waals surface area contributed by atoms with Crippen molar-refractivity contribution in [1.82, 2.24) is 35.6 Å². The zero-order valence-electron chi connectivity index (χ0n) is 19.6. The number of esters is 1. The van der Waals surface area contributed by atoms with Crippen molar-refractivity contribution in [2.75, 3.05) is 36.9 Å². The van der Waals surface area contributed by atoms with Crippen molar-refractivity contribution in [1.29, 1.82) is 0 Å². The summed E-state index contributed by atoms with van der Waals surface area (Å²) >= 11 is 1.30. The molecule has 0 atom stereocenters. The van der Waals surface area contributed by atoms with Gasteiger partial charge in [0, 0.05) is 49.1 Å². The van der Waals surface area contributed by atoms with Crippen LogP contribution in [0.3, 0.4) is 0 Å². The van der Waals surface area contributed by atoms with Crippen LogP contribution < -0.4 is 21.3 Å². The smallest absolute Gasteiger partial charge is 0.348 e. The summed E-state index contributed by atoms with van der Waals surface area (Å²) in [6.07, 6.45) is 3.30. The number of aromatic nitrogens is 5. The summed E-state index contributed by atoms with van der Waals surface area (Å²) in [7, 11) is 0. The van der Waals surface area contributed by atoms with Gasteiger partial charge in [0.1, 0.15) is 28.8 Å². The molecule has 0 aromatic carbocycles. The molecule has 5 rings (SSSR count). The first-order valence-electron chi connectivity index (χ1n) is 11.5. The minimum Gasteiger partial charge on any atom is -0.460 e. The second-order valence-electron chi connectivity index (χ2n) is 8.09. The molecule has 5 heterocycles. The van der Waals surface area contributed by atoms with Gasteiger partial charge in [0.25, 0.3) is 0 Å². The number of ether oxygens (including phenoxy) is 1. The fourth-order valence-corrected chi connectivity index (χ4v) is 4.12. The lowest BCUT2D eigenvalue weighted by Gasteiger charge is -2.27. The van der Waals surface area contributed by atoms with Crippen LogP contribution in [0.25, 0.3) is 11.5 Å². The highest BCUT2D eigenvalue weighted by molar-refractivity contribution is 7.12. The molecule has 0 saturated carbocycles. The van der Waals surface area contributed by atoms with Crippen LogP contribution in [0.2, 0.25) is 0 Å². The van der Waals surface area contributed by atoms with E-state index in [1.165, 1.54) is 11.3 Å². The largest absolute Gasteiger partial charge is 0.460 e. The Morgan fingerprint density at radius 3 is 2.72 bits per heavy atom. The van der Waals surface area contributed by atoms with E-state index in [1.54, 1.807) is 30.6 Å². The Morgan fingerprint density at radius 1 is 1.08 bits per heavy atom. The molecule has 4 aromatic heterocycles. The molecule has 4 aromatic rings. The zero-order valence-corrected chi connectivity index (χ0v) is 20.4. The number of nitrogens with one attached hydrogen (secondary N) is 4. The van der Waals surface area contributed by atoms with Crippen LogP contribution in [0.1, 0.15) is 15.4 Å². The minimum absolute atomic E-state index is 0.331. The molecule has 1 saturated heterocycles.